The molecule has 2 aromatic rings. The van der Waals surface area contributed by atoms with Crippen LogP contribution < -0.4 is 4.90 Å². The maximum Gasteiger partial charge on any atom is 0.129 e. The molecular formula is C19H20N4O. The lowest BCUT2D eigenvalue weighted by Crippen LogP contribution is -2.36. The first-order valence-corrected chi connectivity index (χ1v) is 8.71. The SMILES string of the molecule is c1cc(C2=NCc3cnc(C4CC4)cc32)cc(N2CCOCC2)n1. The third-order valence-electron chi connectivity index (χ3n) is 5.02. The molecule has 0 atom stereocenters. The topological polar surface area (TPSA) is 50.6 Å². The molecule has 5 heteroatoms. The Bertz CT molecular complexity index is 807. The highest BCUT2D eigenvalue weighted by Crippen LogP contribution is 2.40. The fourth-order valence-electron chi connectivity index (χ4n) is 3.48. The Morgan fingerprint density at radius 3 is 2.79 bits per heavy atom. The summed E-state index contributed by atoms with van der Waals surface area (Å²) in [6, 6.07) is 6.49. The third-order valence-corrected chi connectivity index (χ3v) is 5.02. The van der Waals surface area contributed by atoms with Gasteiger partial charge in [0.1, 0.15) is 5.82 Å². The van der Waals surface area contributed by atoms with E-state index in [2.05, 4.69) is 33.1 Å². The fraction of sp³-hybridized carbons (Fsp3) is 0.421. The molecule has 0 bridgehead atoms. The molecule has 0 spiro atoms. The van der Waals surface area contributed by atoms with E-state index in [0.717, 1.165) is 49.9 Å². The number of anilines is 1. The highest BCUT2D eigenvalue weighted by atomic mass is 16.5. The molecule has 0 radical (unpaired) electrons. The van der Waals surface area contributed by atoms with Gasteiger partial charge in [-0.2, -0.15) is 0 Å². The van der Waals surface area contributed by atoms with Gasteiger partial charge in [0.2, 0.25) is 0 Å². The Labute approximate surface area is 141 Å². The molecule has 4 heterocycles. The number of morpholine rings is 1. The number of nitrogens with zero attached hydrogens (tertiary/aromatic N) is 4. The maximum absolute atomic E-state index is 5.44. The van der Waals surface area contributed by atoms with E-state index in [1.807, 2.05) is 12.4 Å². The van der Waals surface area contributed by atoms with Gasteiger partial charge in [0.05, 0.1) is 25.5 Å². The van der Waals surface area contributed by atoms with Crippen molar-refractivity contribution in [3.63, 3.8) is 0 Å². The van der Waals surface area contributed by atoms with E-state index in [1.165, 1.54) is 29.7 Å². The van der Waals surface area contributed by atoms with Gasteiger partial charge >= 0.3 is 0 Å². The van der Waals surface area contributed by atoms with Gasteiger partial charge < -0.3 is 9.64 Å². The third kappa shape index (κ3) is 2.49. The second-order valence-electron chi connectivity index (χ2n) is 6.71. The summed E-state index contributed by atoms with van der Waals surface area (Å²) in [5, 5.41) is 0. The number of hydrogen-bond acceptors (Lipinski definition) is 5. The highest BCUT2D eigenvalue weighted by molar-refractivity contribution is 6.15. The summed E-state index contributed by atoms with van der Waals surface area (Å²) < 4.78 is 5.44. The second-order valence-corrected chi connectivity index (χ2v) is 6.71. The van der Waals surface area contributed by atoms with Crippen molar-refractivity contribution in [2.24, 2.45) is 4.99 Å². The van der Waals surface area contributed by atoms with Crippen molar-refractivity contribution in [2.75, 3.05) is 31.2 Å². The Hall–Kier alpha value is -2.27. The van der Waals surface area contributed by atoms with Gasteiger partial charge in [0, 0.05) is 53.8 Å². The smallest absolute Gasteiger partial charge is 0.129 e. The summed E-state index contributed by atoms with van der Waals surface area (Å²) in [7, 11) is 0. The molecule has 0 N–H and O–H groups in total. The lowest BCUT2D eigenvalue weighted by atomic mass is 10.0. The van der Waals surface area contributed by atoms with Crippen LogP contribution in [0.3, 0.4) is 0 Å². The van der Waals surface area contributed by atoms with Crippen molar-refractivity contribution >= 4 is 11.5 Å². The normalized spacial score (nSPS) is 20.0. The zero-order valence-corrected chi connectivity index (χ0v) is 13.6. The van der Waals surface area contributed by atoms with Crippen LogP contribution in [0.15, 0.2) is 35.6 Å². The minimum absolute atomic E-state index is 0.665. The van der Waals surface area contributed by atoms with Gasteiger partial charge in [-0.3, -0.25) is 9.98 Å². The standard InChI is InChI=1S/C19H20N4O/c1-2-13(1)17-10-16-15(11-21-17)12-22-19(16)14-3-4-20-18(9-14)23-5-7-24-8-6-23/h3-4,9-11,13H,1-2,5-8,12H2. The first kappa shape index (κ1) is 14.1. The van der Waals surface area contributed by atoms with E-state index in [4.69, 9.17) is 9.73 Å². The molecule has 1 saturated carbocycles. The van der Waals surface area contributed by atoms with Crippen LogP contribution in [0.1, 0.15) is 41.1 Å². The summed E-state index contributed by atoms with van der Waals surface area (Å²) in [6.45, 7) is 4.07. The van der Waals surface area contributed by atoms with Crippen molar-refractivity contribution < 1.29 is 4.74 Å². The van der Waals surface area contributed by atoms with E-state index in [-0.39, 0.29) is 0 Å². The largest absolute Gasteiger partial charge is 0.378 e. The lowest BCUT2D eigenvalue weighted by Gasteiger charge is -2.28. The molecule has 0 amide bonds. The molecule has 0 unspecified atom stereocenters. The van der Waals surface area contributed by atoms with Gasteiger partial charge in [0.15, 0.2) is 0 Å². The Kier molecular flexibility index (Phi) is 3.33. The van der Waals surface area contributed by atoms with E-state index < -0.39 is 0 Å². The fourth-order valence-corrected chi connectivity index (χ4v) is 3.48. The summed E-state index contributed by atoms with van der Waals surface area (Å²) >= 11 is 0. The predicted octanol–water partition coefficient (Wildman–Crippen LogP) is 2.54. The molecule has 0 aromatic carbocycles. The number of aliphatic imine (C=N–C) groups is 1. The molecule has 1 aliphatic carbocycles. The second kappa shape index (κ2) is 5.67. The molecule has 5 rings (SSSR count). The van der Waals surface area contributed by atoms with Gasteiger partial charge in [-0.1, -0.05) is 0 Å². The lowest BCUT2D eigenvalue weighted by molar-refractivity contribution is 0.122. The van der Waals surface area contributed by atoms with Gasteiger partial charge in [-0.25, -0.2) is 4.98 Å². The van der Waals surface area contributed by atoms with E-state index >= 15 is 0 Å². The molecular weight excluding hydrogens is 300 g/mol. The van der Waals surface area contributed by atoms with Crippen LogP contribution in [0, 0.1) is 0 Å². The van der Waals surface area contributed by atoms with Crippen LogP contribution in [0.5, 0.6) is 0 Å². The number of fused-ring (bicyclic) bond motifs is 1. The first-order chi connectivity index (χ1) is 11.9. The number of aromatic nitrogens is 2. The van der Waals surface area contributed by atoms with Crippen LogP contribution in [-0.4, -0.2) is 42.0 Å². The summed E-state index contributed by atoms with van der Waals surface area (Å²) in [5.41, 5.74) is 5.96. The van der Waals surface area contributed by atoms with Crippen molar-refractivity contribution in [1.82, 2.24) is 9.97 Å². The molecule has 24 heavy (non-hydrogen) atoms. The van der Waals surface area contributed by atoms with E-state index in [1.54, 1.807) is 0 Å². The first-order valence-electron chi connectivity index (χ1n) is 8.71. The minimum Gasteiger partial charge on any atom is -0.378 e. The highest BCUT2D eigenvalue weighted by Gasteiger charge is 2.27. The van der Waals surface area contributed by atoms with Crippen molar-refractivity contribution in [2.45, 2.75) is 25.3 Å². The number of pyridine rings is 2. The Balaban J connectivity index is 1.48. The van der Waals surface area contributed by atoms with E-state index in [9.17, 15) is 0 Å². The van der Waals surface area contributed by atoms with Crippen LogP contribution >= 0.6 is 0 Å². The quantitative estimate of drug-likeness (QED) is 0.872. The number of ether oxygens (including phenoxy) is 1. The Morgan fingerprint density at radius 1 is 1.08 bits per heavy atom. The zero-order chi connectivity index (χ0) is 15.9. The molecule has 2 aliphatic heterocycles. The maximum atomic E-state index is 5.44. The molecule has 2 fully saturated rings. The van der Waals surface area contributed by atoms with Crippen LogP contribution in [-0.2, 0) is 11.3 Å². The monoisotopic (exact) mass is 320 g/mol. The van der Waals surface area contributed by atoms with Gasteiger partial charge in [-0.05, 0) is 31.0 Å². The Morgan fingerprint density at radius 2 is 1.96 bits per heavy atom. The van der Waals surface area contributed by atoms with Crippen LogP contribution in [0.4, 0.5) is 5.82 Å². The van der Waals surface area contributed by atoms with E-state index in [0.29, 0.717) is 5.92 Å². The molecule has 1 saturated heterocycles. The molecule has 5 nitrogen and oxygen atoms in total. The summed E-state index contributed by atoms with van der Waals surface area (Å²) in [5.74, 6) is 1.68. The van der Waals surface area contributed by atoms with Crippen LogP contribution in [0.25, 0.3) is 0 Å². The van der Waals surface area contributed by atoms with Crippen LogP contribution in [0.2, 0.25) is 0 Å². The average Bonchev–Trinajstić information content (AvgIpc) is 3.42. The molecule has 122 valence electrons. The minimum atomic E-state index is 0.665. The van der Waals surface area contributed by atoms with Crippen molar-refractivity contribution in [3.8, 4) is 0 Å². The number of hydrogen-bond donors (Lipinski definition) is 0. The molecule has 3 aliphatic rings. The average molecular weight is 320 g/mol. The summed E-state index contributed by atoms with van der Waals surface area (Å²) in [6.07, 6.45) is 6.45. The van der Waals surface area contributed by atoms with Crippen molar-refractivity contribution in [1.29, 1.82) is 0 Å². The predicted molar refractivity (Wildman–Crippen MR) is 92.8 cm³/mol. The zero-order valence-electron chi connectivity index (χ0n) is 13.6. The summed E-state index contributed by atoms with van der Waals surface area (Å²) in [4.78, 5) is 16.2. The van der Waals surface area contributed by atoms with Gasteiger partial charge in [0.25, 0.3) is 0 Å². The number of rotatable bonds is 3. The van der Waals surface area contributed by atoms with Crippen molar-refractivity contribution in [3.05, 3.63) is 53.0 Å². The molecule has 2 aromatic heterocycles. The van der Waals surface area contributed by atoms with Gasteiger partial charge in [-0.15, -0.1) is 0 Å².